The fourth-order valence-electron chi connectivity index (χ4n) is 6.71. The van der Waals surface area contributed by atoms with Crippen molar-refractivity contribution in [2.24, 2.45) is 0 Å². The zero-order valence-electron chi connectivity index (χ0n) is 24.9. The van der Waals surface area contributed by atoms with E-state index in [-0.39, 0.29) is 11.3 Å². The zero-order chi connectivity index (χ0) is 26.9. The molecule has 4 heteroatoms. The number of aryl methyl sites for hydroxylation is 4. The normalized spacial score (nSPS) is 19.4. The van der Waals surface area contributed by atoms with Gasteiger partial charge in [0.2, 0.25) is 0 Å². The molecule has 0 saturated carbocycles. The highest BCUT2D eigenvalue weighted by Gasteiger charge is 2.45. The molecule has 0 bridgehead atoms. The summed E-state index contributed by atoms with van der Waals surface area (Å²) in [5, 5.41) is 0. The largest absolute Gasteiger partial charge is 0.354 e. The van der Waals surface area contributed by atoms with Crippen molar-refractivity contribution in [1.29, 1.82) is 0 Å². The molecule has 0 unspecified atom stereocenters. The molecule has 0 radical (unpaired) electrons. The van der Waals surface area contributed by atoms with Crippen LogP contribution in [0.1, 0.15) is 83.2 Å². The molecule has 0 aromatic heterocycles. The van der Waals surface area contributed by atoms with E-state index in [1.165, 1.54) is 62.0 Å². The molecule has 2 heterocycles. The van der Waals surface area contributed by atoms with Crippen molar-refractivity contribution in [2.75, 3.05) is 16.8 Å². The monoisotopic (exact) mass is 486 g/mol. The molecule has 4 nitrogen and oxygen atoms in total. The third kappa shape index (κ3) is 3.72. The molecule has 2 aliphatic rings. The number of hydrogen-bond acceptors (Lipinski definition) is 4. The smallest absolute Gasteiger partial charge is 0.116 e. The second-order valence-electron chi connectivity index (χ2n) is 12.0. The van der Waals surface area contributed by atoms with Crippen molar-refractivity contribution >= 4 is 11.4 Å². The number of para-hydroxylation sites is 1. The standard InChI is InChI=1S/C32H46N4/c1-20-15-14-16-21(2)29(20)35-26(7)27(8)36(32(35,11)12)30-22(3)17-28(18-23(30)4)19-34-25(6)24(5)33(13)31(34,9)10/h14-18H,19H2,1-13H3. The van der Waals surface area contributed by atoms with E-state index in [0.717, 1.165) is 6.54 Å². The lowest BCUT2D eigenvalue weighted by molar-refractivity contribution is 0.0640. The molecule has 0 spiro atoms. The summed E-state index contributed by atoms with van der Waals surface area (Å²) in [5.74, 6) is 0. The molecule has 0 amide bonds. The Kier molecular flexibility index (Phi) is 6.26. The number of nitrogens with zero attached hydrogens (tertiary/aromatic N) is 4. The van der Waals surface area contributed by atoms with E-state index in [0.29, 0.717) is 0 Å². The van der Waals surface area contributed by atoms with E-state index in [1.54, 1.807) is 0 Å². The molecule has 0 saturated heterocycles. The molecule has 0 N–H and O–H groups in total. The molecular formula is C32H46N4. The van der Waals surface area contributed by atoms with Crippen LogP contribution in [-0.4, -0.2) is 28.2 Å². The van der Waals surface area contributed by atoms with Crippen LogP contribution in [0.25, 0.3) is 0 Å². The van der Waals surface area contributed by atoms with Crippen molar-refractivity contribution in [3.05, 3.63) is 80.9 Å². The van der Waals surface area contributed by atoms with Gasteiger partial charge in [-0.2, -0.15) is 0 Å². The van der Waals surface area contributed by atoms with Gasteiger partial charge in [0.05, 0.1) is 0 Å². The summed E-state index contributed by atoms with van der Waals surface area (Å²) >= 11 is 0. The second-order valence-corrected chi connectivity index (χ2v) is 12.0. The predicted octanol–water partition coefficient (Wildman–Crippen LogP) is 7.97. The maximum Gasteiger partial charge on any atom is 0.116 e. The number of benzene rings is 2. The first-order valence-corrected chi connectivity index (χ1v) is 13.3. The highest BCUT2D eigenvalue weighted by Crippen LogP contribution is 2.47. The number of allylic oxidation sites excluding steroid dienone is 4. The van der Waals surface area contributed by atoms with Gasteiger partial charge in [-0.1, -0.05) is 30.3 Å². The lowest BCUT2D eigenvalue weighted by Crippen LogP contribution is -2.51. The fourth-order valence-corrected chi connectivity index (χ4v) is 6.71. The van der Waals surface area contributed by atoms with Crippen molar-refractivity contribution in [3.8, 4) is 0 Å². The van der Waals surface area contributed by atoms with Crippen LogP contribution < -0.4 is 9.80 Å². The van der Waals surface area contributed by atoms with Gasteiger partial charge in [0.25, 0.3) is 0 Å². The van der Waals surface area contributed by atoms with Crippen molar-refractivity contribution in [1.82, 2.24) is 9.80 Å². The van der Waals surface area contributed by atoms with Crippen molar-refractivity contribution < 1.29 is 0 Å². The first kappa shape index (κ1) is 26.2. The van der Waals surface area contributed by atoms with Gasteiger partial charge in [0.15, 0.2) is 0 Å². The van der Waals surface area contributed by atoms with Crippen LogP contribution in [0, 0.1) is 27.7 Å². The van der Waals surface area contributed by atoms with Crippen molar-refractivity contribution in [3.63, 3.8) is 0 Å². The van der Waals surface area contributed by atoms with Crippen LogP contribution in [-0.2, 0) is 6.54 Å². The molecule has 0 fully saturated rings. The topological polar surface area (TPSA) is 13.0 Å². The highest BCUT2D eigenvalue weighted by molar-refractivity contribution is 5.75. The summed E-state index contributed by atoms with van der Waals surface area (Å²) in [6.45, 7) is 28.3. The molecule has 2 aliphatic heterocycles. The summed E-state index contributed by atoms with van der Waals surface area (Å²) in [5.41, 5.74) is 14.4. The Morgan fingerprint density at radius 3 is 1.44 bits per heavy atom. The number of anilines is 2. The van der Waals surface area contributed by atoms with E-state index >= 15 is 0 Å². The second kappa shape index (κ2) is 8.61. The Hall–Kier alpha value is -2.88. The average Bonchev–Trinajstić information content (AvgIpc) is 3.03. The molecular weight excluding hydrogens is 440 g/mol. The number of rotatable bonds is 4. The van der Waals surface area contributed by atoms with Gasteiger partial charge in [-0.3, -0.25) is 0 Å². The summed E-state index contributed by atoms with van der Waals surface area (Å²) in [6.07, 6.45) is 0. The maximum atomic E-state index is 2.56. The first-order chi connectivity index (χ1) is 16.6. The SMILES string of the molecule is CC1=C(C)N(Cc2cc(C)c(N3C(C)=C(C)N(c4c(C)cccc4C)C3(C)C)c(C)c2)C(C)(C)N1C. The minimum atomic E-state index is -0.224. The lowest BCUT2D eigenvalue weighted by Gasteiger charge is -2.44. The first-order valence-electron chi connectivity index (χ1n) is 13.3. The average molecular weight is 487 g/mol. The molecule has 194 valence electrons. The Bertz CT molecular complexity index is 1230. The summed E-state index contributed by atoms with van der Waals surface area (Å²) in [7, 11) is 2.20. The van der Waals surface area contributed by atoms with Gasteiger partial charge >= 0.3 is 0 Å². The minimum Gasteiger partial charge on any atom is -0.354 e. The fraction of sp³-hybridized carbons (Fsp3) is 0.500. The van der Waals surface area contributed by atoms with Gasteiger partial charge in [-0.15, -0.1) is 0 Å². The Morgan fingerprint density at radius 1 is 0.583 bits per heavy atom. The quantitative estimate of drug-likeness (QED) is 0.434. The Morgan fingerprint density at radius 2 is 1.03 bits per heavy atom. The van der Waals surface area contributed by atoms with Gasteiger partial charge in [-0.25, -0.2) is 0 Å². The van der Waals surface area contributed by atoms with Gasteiger partial charge in [0, 0.05) is 47.8 Å². The van der Waals surface area contributed by atoms with Crippen LogP contribution in [0.3, 0.4) is 0 Å². The van der Waals surface area contributed by atoms with E-state index in [2.05, 4.69) is 140 Å². The molecule has 2 aromatic rings. The molecule has 2 aromatic carbocycles. The summed E-state index contributed by atoms with van der Waals surface area (Å²) in [6, 6.07) is 11.4. The zero-order valence-corrected chi connectivity index (χ0v) is 24.9. The third-order valence-electron chi connectivity index (χ3n) is 8.98. The van der Waals surface area contributed by atoms with Gasteiger partial charge < -0.3 is 19.6 Å². The highest BCUT2D eigenvalue weighted by atomic mass is 15.5. The third-order valence-corrected chi connectivity index (χ3v) is 8.98. The maximum absolute atomic E-state index is 2.56. The van der Waals surface area contributed by atoms with Gasteiger partial charge in [-0.05, 0) is 111 Å². The summed E-state index contributed by atoms with van der Waals surface area (Å²) < 4.78 is 0. The molecule has 36 heavy (non-hydrogen) atoms. The summed E-state index contributed by atoms with van der Waals surface area (Å²) in [4.78, 5) is 10.0. The molecule has 4 rings (SSSR count). The lowest BCUT2D eigenvalue weighted by atomic mass is 9.99. The van der Waals surface area contributed by atoms with E-state index in [9.17, 15) is 0 Å². The van der Waals surface area contributed by atoms with Crippen LogP contribution in [0.4, 0.5) is 11.4 Å². The Balaban J connectivity index is 1.75. The van der Waals surface area contributed by atoms with E-state index in [4.69, 9.17) is 0 Å². The van der Waals surface area contributed by atoms with E-state index in [1.807, 2.05) is 0 Å². The molecule has 0 atom stereocenters. The van der Waals surface area contributed by atoms with Crippen LogP contribution in [0.15, 0.2) is 53.1 Å². The van der Waals surface area contributed by atoms with Crippen molar-refractivity contribution in [2.45, 2.75) is 101 Å². The van der Waals surface area contributed by atoms with Gasteiger partial charge in [0.1, 0.15) is 11.3 Å². The van der Waals surface area contributed by atoms with E-state index < -0.39 is 0 Å². The predicted molar refractivity (Wildman–Crippen MR) is 155 cm³/mol. The van der Waals surface area contributed by atoms with Crippen LogP contribution >= 0.6 is 0 Å². The Labute approximate surface area is 219 Å². The minimum absolute atomic E-state index is 0.0338. The number of hydrogen-bond donors (Lipinski definition) is 0. The van der Waals surface area contributed by atoms with Crippen LogP contribution in [0.5, 0.6) is 0 Å². The van der Waals surface area contributed by atoms with Crippen LogP contribution in [0.2, 0.25) is 0 Å². The molecule has 0 aliphatic carbocycles.